The molecule has 6 nitrogen and oxygen atoms in total. The van der Waals surface area contributed by atoms with Gasteiger partial charge < -0.3 is 0 Å². The molecule has 0 aromatic heterocycles. The average molecular weight is 341 g/mol. The van der Waals surface area contributed by atoms with Gasteiger partial charge in [-0.15, -0.1) is 0 Å². The van der Waals surface area contributed by atoms with Crippen LogP contribution in [0.4, 0.5) is 0 Å². The molecule has 0 bridgehead atoms. The topological polar surface area (TPSA) is 78.8 Å². The first kappa shape index (κ1) is 17.0. The van der Waals surface area contributed by atoms with Crippen LogP contribution < -0.4 is 4.72 Å². The minimum absolute atomic E-state index is 0.148. The lowest BCUT2D eigenvalue weighted by Gasteiger charge is -2.31. The predicted octanol–water partition coefficient (Wildman–Crippen LogP) is 1.71. The lowest BCUT2D eigenvalue weighted by atomic mass is 10.1. The SMILES string of the molecule is CC(=O)N1N=C(CCNS(C)(=O)=O)SC1(C)c1ccccc1. The fourth-order valence-electron chi connectivity index (χ4n) is 2.24. The minimum Gasteiger partial charge on any atom is -0.273 e. The van der Waals surface area contributed by atoms with Crippen LogP contribution in [0.15, 0.2) is 35.4 Å². The second-order valence-corrected chi connectivity index (χ2v) is 8.50. The van der Waals surface area contributed by atoms with Gasteiger partial charge in [-0.05, 0) is 12.5 Å². The lowest BCUT2D eigenvalue weighted by molar-refractivity contribution is -0.131. The van der Waals surface area contributed by atoms with Crippen LogP contribution >= 0.6 is 11.8 Å². The van der Waals surface area contributed by atoms with Crippen LogP contribution in [-0.2, 0) is 19.7 Å². The molecule has 1 amide bonds. The normalized spacial score (nSPS) is 21.8. The Kier molecular flexibility index (Phi) is 4.93. The highest BCUT2D eigenvalue weighted by atomic mass is 32.2. The van der Waals surface area contributed by atoms with Crippen LogP contribution in [0.3, 0.4) is 0 Å². The quantitative estimate of drug-likeness (QED) is 0.884. The summed E-state index contributed by atoms with van der Waals surface area (Å²) < 4.78 is 24.6. The summed E-state index contributed by atoms with van der Waals surface area (Å²) in [5.74, 6) is -0.148. The van der Waals surface area contributed by atoms with E-state index in [0.717, 1.165) is 16.9 Å². The van der Waals surface area contributed by atoms with E-state index < -0.39 is 14.9 Å². The maximum Gasteiger partial charge on any atom is 0.241 e. The number of hydrogen-bond acceptors (Lipinski definition) is 5. The molecule has 1 unspecified atom stereocenters. The van der Waals surface area contributed by atoms with Crippen molar-refractivity contribution in [3.8, 4) is 0 Å². The molecule has 8 heteroatoms. The number of nitrogens with one attached hydrogen (secondary N) is 1. The van der Waals surface area contributed by atoms with Crippen LogP contribution in [0.2, 0.25) is 0 Å². The van der Waals surface area contributed by atoms with Crippen molar-refractivity contribution >= 4 is 32.7 Å². The van der Waals surface area contributed by atoms with Crippen LogP contribution in [0.1, 0.15) is 25.8 Å². The van der Waals surface area contributed by atoms with Crippen molar-refractivity contribution in [3.63, 3.8) is 0 Å². The Bertz CT molecular complexity index is 689. The predicted molar refractivity (Wildman–Crippen MR) is 88.8 cm³/mol. The van der Waals surface area contributed by atoms with E-state index in [9.17, 15) is 13.2 Å². The first-order valence-corrected chi connectivity index (χ1v) is 9.50. The van der Waals surface area contributed by atoms with Crippen molar-refractivity contribution in [1.29, 1.82) is 0 Å². The number of thioether (sulfide) groups is 1. The molecule has 0 aliphatic carbocycles. The Morgan fingerprint density at radius 2 is 2.00 bits per heavy atom. The van der Waals surface area contributed by atoms with Crippen molar-refractivity contribution in [2.45, 2.75) is 25.1 Å². The average Bonchev–Trinajstić information content (AvgIpc) is 2.77. The van der Waals surface area contributed by atoms with E-state index in [1.165, 1.54) is 23.7 Å². The van der Waals surface area contributed by atoms with Gasteiger partial charge in [0.2, 0.25) is 15.9 Å². The summed E-state index contributed by atoms with van der Waals surface area (Å²) in [6.07, 6.45) is 1.57. The second kappa shape index (κ2) is 6.39. The largest absolute Gasteiger partial charge is 0.273 e. The summed E-state index contributed by atoms with van der Waals surface area (Å²) in [6, 6.07) is 9.67. The zero-order valence-electron chi connectivity index (χ0n) is 12.7. The number of carbonyl (C=O) groups excluding carboxylic acids is 1. The number of rotatable bonds is 5. The van der Waals surface area contributed by atoms with Crippen molar-refractivity contribution < 1.29 is 13.2 Å². The molecule has 120 valence electrons. The van der Waals surface area contributed by atoms with Crippen molar-refractivity contribution in [2.24, 2.45) is 5.10 Å². The highest BCUT2D eigenvalue weighted by Crippen LogP contribution is 2.45. The van der Waals surface area contributed by atoms with Gasteiger partial charge in [-0.1, -0.05) is 42.1 Å². The number of hydrazone groups is 1. The van der Waals surface area contributed by atoms with Crippen LogP contribution in [0, 0.1) is 0 Å². The third kappa shape index (κ3) is 3.88. The summed E-state index contributed by atoms with van der Waals surface area (Å²) in [7, 11) is -3.22. The molecule has 0 saturated carbocycles. The van der Waals surface area contributed by atoms with Crippen molar-refractivity contribution in [1.82, 2.24) is 9.73 Å². The number of sulfonamides is 1. The van der Waals surface area contributed by atoms with E-state index in [4.69, 9.17) is 0 Å². The van der Waals surface area contributed by atoms with Gasteiger partial charge in [-0.3, -0.25) is 4.79 Å². The molecule has 1 aliphatic rings. The Labute approximate surface area is 135 Å². The summed E-state index contributed by atoms with van der Waals surface area (Å²) in [4.78, 5) is 11.3. The lowest BCUT2D eigenvalue weighted by Crippen LogP contribution is -2.37. The maximum absolute atomic E-state index is 11.9. The number of hydrogen-bond donors (Lipinski definition) is 1. The monoisotopic (exact) mass is 341 g/mol. The van der Waals surface area contributed by atoms with Gasteiger partial charge in [-0.2, -0.15) is 5.10 Å². The first-order valence-electron chi connectivity index (χ1n) is 6.80. The molecular formula is C14H19N3O3S2. The molecule has 1 aliphatic heterocycles. The summed E-state index contributed by atoms with van der Waals surface area (Å²) in [5, 5.41) is 6.56. The van der Waals surface area contributed by atoms with E-state index in [2.05, 4.69) is 9.82 Å². The van der Waals surface area contributed by atoms with E-state index >= 15 is 0 Å². The standard InChI is InChI=1S/C14H19N3O3S2/c1-11(18)17-14(2,12-7-5-4-6-8-12)21-13(16-17)9-10-15-22(3,19)20/h4-8,15H,9-10H2,1-3H3. The zero-order valence-corrected chi connectivity index (χ0v) is 14.4. The Morgan fingerprint density at radius 1 is 1.36 bits per heavy atom. The van der Waals surface area contributed by atoms with E-state index in [-0.39, 0.29) is 12.5 Å². The van der Waals surface area contributed by atoms with Gasteiger partial charge in [0.25, 0.3) is 0 Å². The van der Waals surface area contributed by atoms with Crippen LogP contribution in [0.5, 0.6) is 0 Å². The molecule has 1 heterocycles. The van der Waals surface area contributed by atoms with Gasteiger partial charge >= 0.3 is 0 Å². The van der Waals surface area contributed by atoms with Gasteiger partial charge in [0.1, 0.15) is 4.87 Å². The molecule has 0 saturated heterocycles. The fraction of sp³-hybridized carbons (Fsp3) is 0.429. The molecule has 22 heavy (non-hydrogen) atoms. The van der Waals surface area contributed by atoms with Gasteiger partial charge in [-0.25, -0.2) is 18.1 Å². The van der Waals surface area contributed by atoms with E-state index in [1.54, 1.807) is 0 Å². The Balaban J connectivity index is 2.17. The zero-order chi connectivity index (χ0) is 16.4. The molecule has 0 radical (unpaired) electrons. The molecule has 0 spiro atoms. The second-order valence-electron chi connectivity index (χ2n) is 5.19. The summed E-state index contributed by atoms with van der Waals surface area (Å²) >= 11 is 1.47. The first-order chi connectivity index (χ1) is 10.2. The smallest absolute Gasteiger partial charge is 0.241 e. The molecule has 1 N–H and O–H groups in total. The van der Waals surface area contributed by atoms with E-state index in [1.807, 2.05) is 37.3 Å². The third-order valence-electron chi connectivity index (χ3n) is 3.24. The summed E-state index contributed by atoms with van der Waals surface area (Å²) in [6.45, 7) is 3.68. The van der Waals surface area contributed by atoms with Gasteiger partial charge in [0.15, 0.2) is 0 Å². The highest BCUT2D eigenvalue weighted by Gasteiger charge is 2.42. The molecule has 2 rings (SSSR count). The van der Waals surface area contributed by atoms with Gasteiger partial charge in [0, 0.05) is 19.9 Å². The Morgan fingerprint density at radius 3 is 2.55 bits per heavy atom. The maximum atomic E-state index is 11.9. The summed E-state index contributed by atoms with van der Waals surface area (Å²) in [5.41, 5.74) is 0.977. The number of nitrogens with zero attached hydrogens (tertiary/aromatic N) is 2. The van der Waals surface area contributed by atoms with Gasteiger partial charge in [0.05, 0.1) is 11.3 Å². The molecule has 1 aromatic carbocycles. The van der Waals surface area contributed by atoms with Crippen molar-refractivity contribution in [3.05, 3.63) is 35.9 Å². The van der Waals surface area contributed by atoms with E-state index in [0.29, 0.717) is 6.42 Å². The van der Waals surface area contributed by atoms with Crippen LogP contribution in [-0.4, -0.2) is 37.2 Å². The molecule has 1 atom stereocenters. The highest BCUT2D eigenvalue weighted by molar-refractivity contribution is 8.14. The molecule has 0 fully saturated rings. The Hall–Kier alpha value is -1.38. The molecule has 1 aromatic rings. The third-order valence-corrected chi connectivity index (χ3v) is 5.30. The molecular weight excluding hydrogens is 322 g/mol. The number of carbonyl (C=O) groups is 1. The van der Waals surface area contributed by atoms with Crippen molar-refractivity contribution in [2.75, 3.05) is 12.8 Å². The minimum atomic E-state index is -3.22. The van der Waals surface area contributed by atoms with Crippen LogP contribution in [0.25, 0.3) is 0 Å². The number of amides is 1. The fourth-order valence-corrected chi connectivity index (χ4v) is 4.01. The number of benzene rings is 1.